The number of carbonyl (C=O) groups excluding carboxylic acids is 2. The number of carbonyl (C=O) groups is 2. The Hall–Kier alpha value is -2.86. The largest absolute Gasteiger partial charge is 0.496 e. The second-order valence-electron chi connectivity index (χ2n) is 8.54. The van der Waals surface area contributed by atoms with Gasteiger partial charge in [-0.2, -0.15) is 0 Å². The first-order valence-electron chi connectivity index (χ1n) is 10.1. The molecule has 1 unspecified atom stereocenters. The van der Waals surface area contributed by atoms with E-state index >= 15 is 0 Å². The summed E-state index contributed by atoms with van der Waals surface area (Å²) < 4.78 is 5.44. The summed E-state index contributed by atoms with van der Waals surface area (Å²) >= 11 is 0. The number of hydrogen-bond acceptors (Lipinski definition) is 4. The highest BCUT2D eigenvalue weighted by Crippen LogP contribution is 2.27. The van der Waals surface area contributed by atoms with Gasteiger partial charge in [-0.25, -0.2) is 0 Å². The van der Waals surface area contributed by atoms with Crippen molar-refractivity contribution in [1.29, 1.82) is 0 Å². The van der Waals surface area contributed by atoms with Crippen LogP contribution >= 0.6 is 0 Å². The highest BCUT2D eigenvalue weighted by atomic mass is 16.5. The highest BCUT2D eigenvalue weighted by Gasteiger charge is 2.19. The summed E-state index contributed by atoms with van der Waals surface area (Å²) in [6.45, 7) is 6.70. The Bertz CT molecular complexity index is 855. The van der Waals surface area contributed by atoms with Crippen molar-refractivity contribution in [1.82, 2.24) is 15.5 Å². The molecule has 0 aliphatic rings. The zero-order chi connectivity index (χ0) is 22.3. The second kappa shape index (κ2) is 10.3. The predicted molar refractivity (Wildman–Crippen MR) is 120 cm³/mol. The SMILES string of the molecule is COc1ccccc1C(CNC(=O)CNC(=O)c1ccc(C(C)(C)C)cc1)N(C)C. The van der Waals surface area contributed by atoms with E-state index in [9.17, 15) is 9.59 Å². The van der Waals surface area contributed by atoms with Gasteiger partial charge in [-0.3, -0.25) is 9.59 Å². The van der Waals surface area contributed by atoms with Gasteiger partial charge in [-0.05, 0) is 43.3 Å². The van der Waals surface area contributed by atoms with E-state index in [0.29, 0.717) is 12.1 Å². The molecule has 0 bridgehead atoms. The number of ether oxygens (including phenoxy) is 1. The van der Waals surface area contributed by atoms with Gasteiger partial charge >= 0.3 is 0 Å². The number of para-hydroxylation sites is 1. The summed E-state index contributed by atoms with van der Waals surface area (Å²) in [5.74, 6) is 0.272. The fourth-order valence-corrected chi connectivity index (χ4v) is 3.17. The molecule has 2 N–H and O–H groups in total. The lowest BCUT2D eigenvalue weighted by molar-refractivity contribution is -0.120. The molecule has 2 amide bonds. The van der Waals surface area contributed by atoms with Crippen LogP contribution < -0.4 is 15.4 Å². The fourth-order valence-electron chi connectivity index (χ4n) is 3.17. The molecule has 2 aromatic carbocycles. The Morgan fingerprint density at radius 3 is 2.20 bits per heavy atom. The molecule has 0 radical (unpaired) electrons. The normalized spacial score (nSPS) is 12.4. The van der Waals surface area contributed by atoms with E-state index in [1.807, 2.05) is 55.4 Å². The van der Waals surface area contributed by atoms with E-state index in [1.165, 1.54) is 0 Å². The average molecular weight is 412 g/mol. The van der Waals surface area contributed by atoms with E-state index < -0.39 is 0 Å². The number of likely N-dealkylation sites (N-methyl/N-ethyl adjacent to an activating group) is 1. The van der Waals surface area contributed by atoms with Crippen molar-refractivity contribution >= 4 is 11.8 Å². The van der Waals surface area contributed by atoms with Crippen LogP contribution in [-0.2, 0) is 10.2 Å². The predicted octanol–water partition coefficient (Wildman–Crippen LogP) is 3.14. The molecule has 0 aliphatic carbocycles. The third kappa shape index (κ3) is 6.32. The molecule has 2 rings (SSSR count). The van der Waals surface area contributed by atoms with Gasteiger partial charge in [0.2, 0.25) is 5.91 Å². The molecule has 6 heteroatoms. The lowest BCUT2D eigenvalue weighted by Gasteiger charge is -2.26. The van der Waals surface area contributed by atoms with Crippen molar-refractivity contribution in [3.05, 3.63) is 65.2 Å². The molecule has 0 saturated heterocycles. The summed E-state index contributed by atoms with van der Waals surface area (Å²) in [5.41, 5.74) is 2.71. The summed E-state index contributed by atoms with van der Waals surface area (Å²) in [6, 6.07) is 15.2. The van der Waals surface area contributed by atoms with Gasteiger partial charge in [-0.1, -0.05) is 51.1 Å². The van der Waals surface area contributed by atoms with Crippen LogP contribution in [0.3, 0.4) is 0 Å². The number of nitrogens with zero attached hydrogens (tertiary/aromatic N) is 1. The average Bonchev–Trinajstić information content (AvgIpc) is 2.71. The van der Waals surface area contributed by atoms with Crippen molar-refractivity contribution in [2.75, 3.05) is 34.3 Å². The zero-order valence-electron chi connectivity index (χ0n) is 18.8. The summed E-state index contributed by atoms with van der Waals surface area (Å²) in [6.07, 6.45) is 0. The molecule has 0 aromatic heterocycles. The van der Waals surface area contributed by atoms with Gasteiger partial charge in [0.1, 0.15) is 5.75 Å². The van der Waals surface area contributed by atoms with Gasteiger partial charge in [0.25, 0.3) is 5.91 Å². The van der Waals surface area contributed by atoms with Crippen LogP contribution in [0.4, 0.5) is 0 Å². The molecule has 162 valence electrons. The van der Waals surface area contributed by atoms with Crippen LogP contribution in [0, 0.1) is 0 Å². The Balaban J connectivity index is 1.91. The number of hydrogen-bond donors (Lipinski definition) is 2. The molecule has 30 heavy (non-hydrogen) atoms. The zero-order valence-corrected chi connectivity index (χ0v) is 18.8. The standard InChI is InChI=1S/C24H33N3O3/c1-24(2,3)18-13-11-17(12-14-18)23(29)26-16-22(28)25-15-20(27(4)5)19-9-7-8-10-21(19)30-6/h7-14,20H,15-16H2,1-6H3,(H,25,28)(H,26,29). The van der Waals surface area contributed by atoms with Gasteiger partial charge in [0.15, 0.2) is 0 Å². The van der Waals surface area contributed by atoms with Crippen LogP contribution in [0.15, 0.2) is 48.5 Å². The lowest BCUT2D eigenvalue weighted by atomic mass is 9.87. The van der Waals surface area contributed by atoms with Crippen molar-refractivity contribution in [3.63, 3.8) is 0 Å². The molecule has 0 heterocycles. The summed E-state index contributed by atoms with van der Waals surface area (Å²) in [4.78, 5) is 26.7. The first kappa shape index (κ1) is 23.4. The second-order valence-corrected chi connectivity index (χ2v) is 8.54. The number of methoxy groups -OCH3 is 1. The van der Waals surface area contributed by atoms with E-state index in [0.717, 1.165) is 16.9 Å². The monoisotopic (exact) mass is 411 g/mol. The van der Waals surface area contributed by atoms with Gasteiger partial charge in [-0.15, -0.1) is 0 Å². The summed E-state index contributed by atoms with van der Waals surface area (Å²) in [7, 11) is 5.53. The quantitative estimate of drug-likeness (QED) is 0.700. The van der Waals surface area contributed by atoms with E-state index in [2.05, 4.69) is 31.4 Å². The first-order valence-corrected chi connectivity index (χ1v) is 10.1. The van der Waals surface area contributed by atoms with E-state index in [-0.39, 0.29) is 29.8 Å². The van der Waals surface area contributed by atoms with E-state index in [4.69, 9.17) is 4.74 Å². The number of nitrogens with one attached hydrogen (secondary N) is 2. The number of rotatable bonds is 8. The molecule has 6 nitrogen and oxygen atoms in total. The van der Waals surface area contributed by atoms with Gasteiger partial charge in [0.05, 0.1) is 19.7 Å². The van der Waals surface area contributed by atoms with Crippen molar-refractivity contribution in [2.24, 2.45) is 0 Å². The van der Waals surface area contributed by atoms with Crippen LogP contribution in [0.2, 0.25) is 0 Å². The number of amides is 2. The summed E-state index contributed by atoms with van der Waals surface area (Å²) in [5, 5.41) is 5.58. The maximum Gasteiger partial charge on any atom is 0.251 e. The molecule has 0 fully saturated rings. The Morgan fingerprint density at radius 1 is 1.00 bits per heavy atom. The number of benzene rings is 2. The highest BCUT2D eigenvalue weighted by molar-refractivity contribution is 5.96. The molecule has 1 atom stereocenters. The molecule has 0 aliphatic heterocycles. The minimum atomic E-state index is -0.264. The Morgan fingerprint density at radius 2 is 1.63 bits per heavy atom. The molecular formula is C24H33N3O3. The third-order valence-corrected chi connectivity index (χ3v) is 5.04. The lowest BCUT2D eigenvalue weighted by Crippen LogP contribution is -2.40. The molecule has 0 saturated carbocycles. The van der Waals surface area contributed by atoms with Crippen LogP contribution in [0.25, 0.3) is 0 Å². The van der Waals surface area contributed by atoms with Crippen molar-refractivity contribution in [2.45, 2.75) is 32.2 Å². The minimum Gasteiger partial charge on any atom is -0.496 e. The van der Waals surface area contributed by atoms with Crippen LogP contribution in [0.5, 0.6) is 5.75 Å². The fraction of sp³-hybridized carbons (Fsp3) is 0.417. The van der Waals surface area contributed by atoms with Crippen LogP contribution in [0.1, 0.15) is 48.3 Å². The van der Waals surface area contributed by atoms with Gasteiger partial charge in [0, 0.05) is 17.7 Å². The molecular weight excluding hydrogens is 378 g/mol. The maximum absolute atomic E-state index is 12.3. The van der Waals surface area contributed by atoms with Gasteiger partial charge < -0.3 is 20.3 Å². The Kier molecular flexibility index (Phi) is 8.00. The molecule has 0 spiro atoms. The molecule has 2 aromatic rings. The van der Waals surface area contributed by atoms with E-state index in [1.54, 1.807) is 19.2 Å². The van der Waals surface area contributed by atoms with Crippen molar-refractivity contribution < 1.29 is 14.3 Å². The topological polar surface area (TPSA) is 70.7 Å². The third-order valence-electron chi connectivity index (χ3n) is 5.04. The Labute approximate surface area is 179 Å². The van der Waals surface area contributed by atoms with Crippen LogP contribution in [-0.4, -0.2) is 51.0 Å². The van der Waals surface area contributed by atoms with Crippen molar-refractivity contribution in [3.8, 4) is 5.75 Å². The smallest absolute Gasteiger partial charge is 0.251 e. The first-order chi connectivity index (χ1) is 14.1. The maximum atomic E-state index is 12.3. The minimum absolute atomic E-state index is 0.0271.